The molecule has 2 nitrogen and oxygen atoms in total. The van der Waals surface area contributed by atoms with Gasteiger partial charge in [0.25, 0.3) is 0 Å². The summed E-state index contributed by atoms with van der Waals surface area (Å²) in [5.74, 6) is 0.737. The number of pyridine rings is 1. The molecule has 1 aromatic carbocycles. The van der Waals surface area contributed by atoms with Crippen molar-refractivity contribution in [1.82, 2.24) is 10.3 Å². The molecule has 2 rings (SSSR count). The van der Waals surface area contributed by atoms with E-state index in [4.69, 9.17) is 4.98 Å². The van der Waals surface area contributed by atoms with Crippen molar-refractivity contribution in [3.05, 3.63) is 42.1 Å². The molecule has 0 aliphatic carbocycles. The standard InChI is InChI=1S/C18H26N2/c1-4-13-19-17(11-9-14(2)3)18-12-10-15-7-5-6-8-16(15)20-18/h5-8,10,12,14,17,19H,4,9,11,13H2,1-3H3. The molecule has 20 heavy (non-hydrogen) atoms. The first-order valence-electron chi connectivity index (χ1n) is 7.79. The van der Waals surface area contributed by atoms with Gasteiger partial charge < -0.3 is 5.32 Å². The van der Waals surface area contributed by atoms with Crippen LogP contribution in [-0.4, -0.2) is 11.5 Å². The molecular weight excluding hydrogens is 244 g/mol. The molecular formula is C18H26N2. The van der Waals surface area contributed by atoms with Crippen LogP contribution in [0.15, 0.2) is 36.4 Å². The van der Waals surface area contributed by atoms with E-state index in [0.717, 1.165) is 30.8 Å². The van der Waals surface area contributed by atoms with E-state index in [1.165, 1.54) is 17.5 Å². The molecule has 1 atom stereocenters. The Bertz CT molecular complexity index is 534. The molecule has 1 unspecified atom stereocenters. The Kier molecular flexibility index (Phi) is 5.54. The molecule has 1 N–H and O–H groups in total. The highest BCUT2D eigenvalue weighted by Crippen LogP contribution is 2.22. The Labute approximate surface area is 122 Å². The Morgan fingerprint density at radius 2 is 1.85 bits per heavy atom. The third kappa shape index (κ3) is 4.04. The van der Waals surface area contributed by atoms with Crippen molar-refractivity contribution >= 4 is 10.9 Å². The summed E-state index contributed by atoms with van der Waals surface area (Å²) in [7, 11) is 0. The largest absolute Gasteiger partial charge is 0.309 e. The summed E-state index contributed by atoms with van der Waals surface area (Å²) in [6.45, 7) is 7.83. The Morgan fingerprint density at radius 1 is 1.05 bits per heavy atom. The quantitative estimate of drug-likeness (QED) is 0.788. The molecule has 1 aromatic heterocycles. The van der Waals surface area contributed by atoms with E-state index in [0.29, 0.717) is 6.04 Å². The van der Waals surface area contributed by atoms with Crippen LogP contribution in [0.5, 0.6) is 0 Å². The average molecular weight is 270 g/mol. The van der Waals surface area contributed by atoms with Crippen LogP contribution in [0.1, 0.15) is 51.8 Å². The molecule has 0 radical (unpaired) electrons. The van der Waals surface area contributed by atoms with Crippen molar-refractivity contribution in [2.24, 2.45) is 5.92 Å². The Morgan fingerprint density at radius 3 is 2.60 bits per heavy atom. The fourth-order valence-corrected chi connectivity index (χ4v) is 2.45. The lowest BCUT2D eigenvalue weighted by Crippen LogP contribution is -2.23. The molecule has 0 amide bonds. The Balaban J connectivity index is 2.19. The second-order valence-corrected chi connectivity index (χ2v) is 5.91. The van der Waals surface area contributed by atoms with Gasteiger partial charge >= 0.3 is 0 Å². The van der Waals surface area contributed by atoms with Gasteiger partial charge in [-0.3, -0.25) is 4.98 Å². The molecule has 0 saturated carbocycles. The fraction of sp³-hybridized carbons (Fsp3) is 0.500. The summed E-state index contributed by atoms with van der Waals surface area (Å²) in [6, 6.07) is 13.1. The third-order valence-corrected chi connectivity index (χ3v) is 3.65. The van der Waals surface area contributed by atoms with Gasteiger partial charge in [0.1, 0.15) is 0 Å². The molecule has 2 aromatic rings. The molecule has 0 aliphatic heterocycles. The number of aromatic nitrogens is 1. The van der Waals surface area contributed by atoms with Gasteiger partial charge in [-0.1, -0.05) is 45.0 Å². The van der Waals surface area contributed by atoms with Gasteiger partial charge in [-0.25, -0.2) is 0 Å². The molecule has 0 saturated heterocycles. The number of hydrogen-bond donors (Lipinski definition) is 1. The minimum atomic E-state index is 0.377. The smallest absolute Gasteiger partial charge is 0.0706 e. The first-order chi connectivity index (χ1) is 9.70. The number of fused-ring (bicyclic) bond motifs is 1. The minimum absolute atomic E-state index is 0.377. The zero-order valence-electron chi connectivity index (χ0n) is 12.9. The van der Waals surface area contributed by atoms with Crippen LogP contribution in [-0.2, 0) is 0 Å². The number of nitrogens with zero attached hydrogens (tertiary/aromatic N) is 1. The van der Waals surface area contributed by atoms with Crippen LogP contribution in [0.25, 0.3) is 10.9 Å². The van der Waals surface area contributed by atoms with Crippen LogP contribution >= 0.6 is 0 Å². The molecule has 0 aliphatic rings. The molecule has 1 heterocycles. The first kappa shape index (κ1) is 15.0. The monoisotopic (exact) mass is 270 g/mol. The minimum Gasteiger partial charge on any atom is -0.309 e. The van der Waals surface area contributed by atoms with Crippen LogP contribution < -0.4 is 5.32 Å². The van der Waals surface area contributed by atoms with Crippen molar-refractivity contribution in [2.45, 2.75) is 46.1 Å². The van der Waals surface area contributed by atoms with Gasteiger partial charge in [-0.05, 0) is 43.9 Å². The summed E-state index contributed by atoms with van der Waals surface area (Å²) < 4.78 is 0. The first-order valence-corrected chi connectivity index (χ1v) is 7.79. The second kappa shape index (κ2) is 7.39. The highest BCUT2D eigenvalue weighted by Gasteiger charge is 2.13. The third-order valence-electron chi connectivity index (χ3n) is 3.65. The lowest BCUT2D eigenvalue weighted by atomic mass is 10.00. The van der Waals surface area contributed by atoms with Gasteiger partial charge in [0.15, 0.2) is 0 Å². The van der Waals surface area contributed by atoms with Gasteiger partial charge in [0, 0.05) is 11.4 Å². The van der Waals surface area contributed by atoms with Crippen molar-refractivity contribution in [3.63, 3.8) is 0 Å². The van der Waals surface area contributed by atoms with E-state index in [-0.39, 0.29) is 0 Å². The van der Waals surface area contributed by atoms with E-state index in [1.807, 2.05) is 0 Å². The van der Waals surface area contributed by atoms with Crippen molar-refractivity contribution in [3.8, 4) is 0 Å². The van der Waals surface area contributed by atoms with E-state index in [1.54, 1.807) is 0 Å². The molecule has 0 bridgehead atoms. The lowest BCUT2D eigenvalue weighted by molar-refractivity contribution is 0.434. The maximum atomic E-state index is 4.84. The SMILES string of the molecule is CCCNC(CCC(C)C)c1ccc2ccccc2n1. The highest BCUT2D eigenvalue weighted by atomic mass is 14.9. The van der Waals surface area contributed by atoms with E-state index in [9.17, 15) is 0 Å². The van der Waals surface area contributed by atoms with Crippen molar-refractivity contribution < 1.29 is 0 Å². The number of benzene rings is 1. The summed E-state index contributed by atoms with van der Waals surface area (Å²) in [4.78, 5) is 4.84. The van der Waals surface area contributed by atoms with Crippen LogP contribution in [0.3, 0.4) is 0 Å². The van der Waals surface area contributed by atoms with Gasteiger partial charge in [0.05, 0.1) is 11.2 Å². The lowest BCUT2D eigenvalue weighted by Gasteiger charge is -2.19. The summed E-state index contributed by atoms with van der Waals surface area (Å²) in [5, 5.41) is 4.86. The maximum absolute atomic E-state index is 4.84. The molecule has 108 valence electrons. The highest BCUT2D eigenvalue weighted by molar-refractivity contribution is 5.78. The molecule has 0 spiro atoms. The second-order valence-electron chi connectivity index (χ2n) is 5.91. The topological polar surface area (TPSA) is 24.9 Å². The fourth-order valence-electron chi connectivity index (χ4n) is 2.45. The number of para-hydroxylation sites is 1. The average Bonchev–Trinajstić information content (AvgIpc) is 2.46. The van der Waals surface area contributed by atoms with Crippen LogP contribution in [0.4, 0.5) is 0 Å². The van der Waals surface area contributed by atoms with Crippen LogP contribution in [0, 0.1) is 5.92 Å². The normalized spacial score (nSPS) is 13.0. The van der Waals surface area contributed by atoms with Crippen LogP contribution in [0.2, 0.25) is 0 Å². The molecule has 0 fully saturated rings. The zero-order chi connectivity index (χ0) is 14.4. The van der Waals surface area contributed by atoms with E-state index in [2.05, 4.69) is 62.5 Å². The van der Waals surface area contributed by atoms with Crippen molar-refractivity contribution in [2.75, 3.05) is 6.54 Å². The molecule has 2 heteroatoms. The summed E-state index contributed by atoms with van der Waals surface area (Å²) in [6.07, 6.45) is 3.55. The van der Waals surface area contributed by atoms with Gasteiger partial charge in [0.2, 0.25) is 0 Å². The predicted molar refractivity (Wildman–Crippen MR) is 86.8 cm³/mol. The number of hydrogen-bond acceptors (Lipinski definition) is 2. The van der Waals surface area contributed by atoms with E-state index < -0.39 is 0 Å². The summed E-state index contributed by atoms with van der Waals surface area (Å²) in [5.41, 5.74) is 2.27. The number of nitrogens with one attached hydrogen (secondary N) is 1. The predicted octanol–water partition coefficient (Wildman–Crippen LogP) is 4.71. The maximum Gasteiger partial charge on any atom is 0.0706 e. The number of rotatable bonds is 7. The zero-order valence-corrected chi connectivity index (χ0v) is 12.9. The Hall–Kier alpha value is -1.41. The van der Waals surface area contributed by atoms with Gasteiger partial charge in [-0.15, -0.1) is 0 Å². The van der Waals surface area contributed by atoms with Crippen molar-refractivity contribution in [1.29, 1.82) is 0 Å². The van der Waals surface area contributed by atoms with Gasteiger partial charge in [-0.2, -0.15) is 0 Å². The van der Waals surface area contributed by atoms with E-state index >= 15 is 0 Å². The summed E-state index contributed by atoms with van der Waals surface area (Å²) >= 11 is 0.